The van der Waals surface area contributed by atoms with Gasteiger partial charge in [0.2, 0.25) is 5.91 Å². The van der Waals surface area contributed by atoms with Gasteiger partial charge in [-0.2, -0.15) is 5.10 Å². The Hall–Kier alpha value is -3.08. The van der Waals surface area contributed by atoms with Crippen molar-refractivity contribution in [2.45, 2.75) is 19.0 Å². The molecule has 0 radical (unpaired) electrons. The first kappa shape index (κ1) is 18.3. The molecule has 1 aliphatic heterocycles. The fourth-order valence-electron chi connectivity index (χ4n) is 3.20. The summed E-state index contributed by atoms with van der Waals surface area (Å²) in [5.74, 6) is -0.839. The largest absolute Gasteiger partial charge is 0.325 e. The maximum absolute atomic E-state index is 12.9. The van der Waals surface area contributed by atoms with Gasteiger partial charge in [0.15, 0.2) is 15.5 Å². The molecule has 1 N–H and O–H groups in total. The van der Waals surface area contributed by atoms with E-state index < -0.39 is 27.1 Å². The lowest BCUT2D eigenvalue weighted by atomic mass is 10.3. The molecule has 0 spiro atoms. The van der Waals surface area contributed by atoms with E-state index in [1.165, 1.54) is 41.5 Å². The predicted octanol–water partition coefficient (Wildman–Crippen LogP) is 0.730. The minimum absolute atomic E-state index is 0.0331. The highest BCUT2D eigenvalue weighted by Gasteiger charge is 2.31. The third-order valence-electron chi connectivity index (χ3n) is 4.58. The summed E-state index contributed by atoms with van der Waals surface area (Å²) in [7, 11) is -3.11. The van der Waals surface area contributed by atoms with Crippen LogP contribution in [0.4, 0.5) is 10.1 Å². The van der Waals surface area contributed by atoms with Crippen LogP contribution in [0.25, 0.3) is 11.0 Å². The molecule has 1 amide bonds. The molecular formula is C17H16FN5O4S. The van der Waals surface area contributed by atoms with Gasteiger partial charge in [-0.3, -0.25) is 14.2 Å². The van der Waals surface area contributed by atoms with Gasteiger partial charge in [0.25, 0.3) is 5.56 Å². The van der Waals surface area contributed by atoms with E-state index in [9.17, 15) is 22.4 Å². The third kappa shape index (κ3) is 3.52. The van der Waals surface area contributed by atoms with Gasteiger partial charge in [-0.15, -0.1) is 0 Å². The van der Waals surface area contributed by atoms with Gasteiger partial charge in [0.05, 0.1) is 23.7 Å². The second-order valence-electron chi connectivity index (χ2n) is 6.62. The minimum atomic E-state index is -3.11. The number of hydrogen-bond donors (Lipinski definition) is 1. The Morgan fingerprint density at radius 1 is 1.29 bits per heavy atom. The Balaban J connectivity index is 1.56. The third-order valence-corrected chi connectivity index (χ3v) is 6.33. The minimum Gasteiger partial charge on any atom is -0.325 e. The number of anilines is 1. The van der Waals surface area contributed by atoms with Crippen molar-refractivity contribution in [3.63, 3.8) is 0 Å². The van der Waals surface area contributed by atoms with E-state index in [-0.39, 0.29) is 29.5 Å². The van der Waals surface area contributed by atoms with Crippen LogP contribution in [-0.4, -0.2) is 45.2 Å². The van der Waals surface area contributed by atoms with Gasteiger partial charge in [-0.05, 0) is 30.7 Å². The van der Waals surface area contributed by atoms with Crippen LogP contribution in [0.5, 0.6) is 0 Å². The van der Waals surface area contributed by atoms with Crippen molar-refractivity contribution >= 4 is 32.5 Å². The second-order valence-corrected chi connectivity index (χ2v) is 8.84. The van der Waals surface area contributed by atoms with Crippen LogP contribution in [-0.2, 0) is 21.2 Å². The number of hydrogen-bond acceptors (Lipinski definition) is 6. The summed E-state index contributed by atoms with van der Waals surface area (Å²) in [5.41, 5.74) is 0.248. The fourth-order valence-corrected chi connectivity index (χ4v) is 4.90. The number of sulfone groups is 1. The van der Waals surface area contributed by atoms with Crippen molar-refractivity contribution in [1.29, 1.82) is 0 Å². The number of carbonyl (C=O) groups excluding carboxylic acids is 1. The summed E-state index contributed by atoms with van der Waals surface area (Å²) >= 11 is 0. The number of carbonyl (C=O) groups is 1. The highest BCUT2D eigenvalue weighted by molar-refractivity contribution is 7.91. The number of nitrogens with zero attached hydrogens (tertiary/aromatic N) is 4. The zero-order valence-corrected chi connectivity index (χ0v) is 15.4. The van der Waals surface area contributed by atoms with Gasteiger partial charge in [0.1, 0.15) is 24.1 Å². The lowest BCUT2D eigenvalue weighted by Gasteiger charge is -2.10. The van der Waals surface area contributed by atoms with E-state index in [4.69, 9.17) is 0 Å². The monoisotopic (exact) mass is 405 g/mol. The first-order chi connectivity index (χ1) is 13.3. The molecule has 1 aromatic carbocycles. The SMILES string of the molecule is O=C(Cn1cnc2c(cnn2C2CCS(=O)(=O)C2)c1=O)Nc1ccc(F)cc1. The van der Waals surface area contributed by atoms with E-state index in [2.05, 4.69) is 15.4 Å². The first-order valence-electron chi connectivity index (χ1n) is 8.51. The molecule has 3 aromatic rings. The number of benzene rings is 1. The predicted molar refractivity (Wildman–Crippen MR) is 99.1 cm³/mol. The molecule has 0 saturated carbocycles. The molecule has 1 atom stereocenters. The average molecular weight is 405 g/mol. The Labute approximate surface area is 158 Å². The zero-order chi connectivity index (χ0) is 19.9. The van der Waals surface area contributed by atoms with Crippen LogP contribution in [0.3, 0.4) is 0 Å². The lowest BCUT2D eigenvalue weighted by Crippen LogP contribution is -2.28. The maximum Gasteiger partial charge on any atom is 0.264 e. The van der Waals surface area contributed by atoms with E-state index in [1.807, 2.05) is 0 Å². The number of amides is 1. The molecule has 9 nitrogen and oxygen atoms in total. The Bertz CT molecular complexity index is 1220. The van der Waals surface area contributed by atoms with Crippen molar-refractivity contribution < 1.29 is 17.6 Å². The van der Waals surface area contributed by atoms with Crippen LogP contribution in [0.1, 0.15) is 12.5 Å². The summed E-state index contributed by atoms with van der Waals surface area (Å²) in [6.45, 7) is -0.276. The fraction of sp³-hybridized carbons (Fsp3) is 0.294. The second kappa shape index (κ2) is 6.82. The number of aromatic nitrogens is 4. The molecule has 1 fully saturated rings. The van der Waals surface area contributed by atoms with Gasteiger partial charge >= 0.3 is 0 Å². The number of fused-ring (bicyclic) bond motifs is 1. The van der Waals surface area contributed by atoms with Crippen molar-refractivity contribution in [2.75, 3.05) is 16.8 Å². The summed E-state index contributed by atoms with van der Waals surface area (Å²) in [6, 6.07) is 4.90. The lowest BCUT2D eigenvalue weighted by molar-refractivity contribution is -0.116. The summed E-state index contributed by atoms with van der Waals surface area (Å²) in [5, 5.41) is 6.92. The molecule has 0 aliphatic carbocycles. The highest BCUT2D eigenvalue weighted by atomic mass is 32.2. The molecule has 28 heavy (non-hydrogen) atoms. The van der Waals surface area contributed by atoms with Gasteiger partial charge < -0.3 is 5.32 Å². The summed E-state index contributed by atoms with van der Waals surface area (Å²) in [4.78, 5) is 29.0. The molecule has 146 valence electrons. The molecule has 0 bridgehead atoms. The van der Waals surface area contributed by atoms with Crippen LogP contribution in [0.15, 0.2) is 41.6 Å². The van der Waals surface area contributed by atoms with Gasteiger partial charge in [0, 0.05) is 5.69 Å². The molecule has 1 unspecified atom stereocenters. The quantitative estimate of drug-likeness (QED) is 0.684. The number of halogens is 1. The van der Waals surface area contributed by atoms with Crippen LogP contribution >= 0.6 is 0 Å². The summed E-state index contributed by atoms with van der Waals surface area (Å²) in [6.07, 6.45) is 2.99. The zero-order valence-electron chi connectivity index (χ0n) is 14.6. The van der Waals surface area contributed by atoms with Crippen LogP contribution in [0, 0.1) is 5.82 Å². The van der Waals surface area contributed by atoms with E-state index in [0.29, 0.717) is 17.8 Å². The topological polar surface area (TPSA) is 116 Å². The molecule has 1 aliphatic rings. The Morgan fingerprint density at radius 2 is 2.04 bits per heavy atom. The van der Waals surface area contributed by atoms with Crippen molar-refractivity contribution in [2.24, 2.45) is 0 Å². The first-order valence-corrected chi connectivity index (χ1v) is 10.3. The molecular weight excluding hydrogens is 389 g/mol. The standard InChI is InChI=1S/C17H16FN5O4S/c18-11-1-3-12(4-2-11)21-15(24)8-22-10-19-16-14(17(22)25)7-20-23(16)13-5-6-28(26,27)9-13/h1-4,7,10,13H,5-6,8-9H2,(H,21,24). The van der Waals surface area contributed by atoms with E-state index >= 15 is 0 Å². The summed E-state index contributed by atoms with van der Waals surface area (Å²) < 4.78 is 38.9. The normalized spacial score (nSPS) is 18.4. The highest BCUT2D eigenvalue weighted by Crippen LogP contribution is 2.25. The Morgan fingerprint density at radius 3 is 2.71 bits per heavy atom. The average Bonchev–Trinajstić information content (AvgIpc) is 3.22. The van der Waals surface area contributed by atoms with Gasteiger partial charge in [-0.1, -0.05) is 0 Å². The van der Waals surface area contributed by atoms with E-state index in [1.54, 1.807) is 0 Å². The number of nitrogens with one attached hydrogen (secondary N) is 1. The molecule has 3 heterocycles. The smallest absolute Gasteiger partial charge is 0.264 e. The van der Waals surface area contributed by atoms with Crippen molar-refractivity contribution in [3.05, 3.63) is 53.0 Å². The van der Waals surface area contributed by atoms with Gasteiger partial charge in [-0.25, -0.2) is 22.5 Å². The molecule has 2 aromatic heterocycles. The van der Waals surface area contributed by atoms with E-state index in [0.717, 1.165) is 4.57 Å². The molecule has 4 rings (SSSR count). The molecule has 11 heteroatoms. The number of rotatable bonds is 4. The van der Waals surface area contributed by atoms with Crippen LogP contribution < -0.4 is 10.9 Å². The Kier molecular flexibility index (Phi) is 4.46. The van der Waals surface area contributed by atoms with Crippen LogP contribution in [0.2, 0.25) is 0 Å². The maximum atomic E-state index is 12.9. The van der Waals surface area contributed by atoms with Crippen molar-refractivity contribution in [1.82, 2.24) is 19.3 Å². The van der Waals surface area contributed by atoms with Crippen molar-refractivity contribution in [3.8, 4) is 0 Å². The molecule has 1 saturated heterocycles.